The van der Waals surface area contributed by atoms with E-state index in [1.54, 1.807) is 0 Å². The van der Waals surface area contributed by atoms with Crippen molar-refractivity contribution < 1.29 is 24.0 Å². The largest absolute Gasteiger partial charge is 0.508 e. The molecule has 5 nitrogen and oxygen atoms in total. The van der Waals surface area contributed by atoms with Crippen LogP contribution < -0.4 is 0 Å². The Labute approximate surface area is 121 Å². The molecule has 5 heteroatoms. The van der Waals surface area contributed by atoms with E-state index in [1.807, 2.05) is 27.7 Å². The van der Waals surface area contributed by atoms with Gasteiger partial charge in [-0.05, 0) is 46.5 Å². The fraction of sp³-hybridized carbons (Fsp3) is 0.933. The van der Waals surface area contributed by atoms with Gasteiger partial charge in [0.05, 0.1) is 6.61 Å². The average Bonchev–Trinajstić information content (AvgIpc) is 3.04. The van der Waals surface area contributed by atoms with E-state index in [0.29, 0.717) is 12.5 Å². The first-order valence-corrected chi connectivity index (χ1v) is 7.47. The van der Waals surface area contributed by atoms with Crippen molar-refractivity contribution in [1.82, 2.24) is 0 Å². The Bertz CT molecular complexity index is 304. The van der Waals surface area contributed by atoms with E-state index in [4.69, 9.17) is 19.2 Å². The summed E-state index contributed by atoms with van der Waals surface area (Å²) in [5.41, 5.74) is -0.515. The SMILES string of the molecule is CCCCC(CCC1(C)OO1)COC(=O)OC(C)(C)C. The van der Waals surface area contributed by atoms with Gasteiger partial charge in [0.25, 0.3) is 0 Å². The Kier molecular flexibility index (Phi) is 6.27. The highest BCUT2D eigenvalue weighted by Crippen LogP contribution is 2.35. The molecular weight excluding hydrogens is 260 g/mol. The van der Waals surface area contributed by atoms with Gasteiger partial charge in [-0.15, -0.1) is 0 Å². The first-order valence-electron chi connectivity index (χ1n) is 7.47. The molecule has 0 amide bonds. The highest BCUT2D eigenvalue weighted by Gasteiger charge is 2.43. The fourth-order valence-corrected chi connectivity index (χ4v) is 1.89. The lowest BCUT2D eigenvalue weighted by atomic mass is 9.96. The van der Waals surface area contributed by atoms with Crippen LogP contribution in [0.2, 0.25) is 0 Å². The molecule has 0 aromatic carbocycles. The van der Waals surface area contributed by atoms with Crippen molar-refractivity contribution in [3.63, 3.8) is 0 Å². The third-order valence-electron chi connectivity index (χ3n) is 3.17. The lowest BCUT2D eigenvalue weighted by molar-refractivity contribution is -0.0145. The molecule has 0 bridgehead atoms. The van der Waals surface area contributed by atoms with Crippen molar-refractivity contribution in [3.8, 4) is 0 Å². The number of carbonyl (C=O) groups is 1. The summed E-state index contributed by atoms with van der Waals surface area (Å²) in [6.45, 7) is 9.94. The van der Waals surface area contributed by atoms with Crippen molar-refractivity contribution in [1.29, 1.82) is 0 Å². The van der Waals surface area contributed by atoms with Crippen LogP contribution in [0.1, 0.15) is 66.7 Å². The van der Waals surface area contributed by atoms with Crippen molar-refractivity contribution in [3.05, 3.63) is 0 Å². The average molecular weight is 288 g/mol. The maximum atomic E-state index is 11.6. The number of hydrogen-bond acceptors (Lipinski definition) is 5. The first-order chi connectivity index (χ1) is 9.24. The van der Waals surface area contributed by atoms with Crippen LogP contribution in [0.3, 0.4) is 0 Å². The van der Waals surface area contributed by atoms with Crippen LogP contribution in [-0.2, 0) is 19.2 Å². The maximum absolute atomic E-state index is 11.6. The van der Waals surface area contributed by atoms with Crippen LogP contribution in [0.15, 0.2) is 0 Å². The van der Waals surface area contributed by atoms with E-state index in [9.17, 15) is 4.79 Å². The van der Waals surface area contributed by atoms with E-state index in [1.165, 1.54) is 0 Å². The number of hydrogen-bond donors (Lipinski definition) is 0. The van der Waals surface area contributed by atoms with E-state index in [2.05, 4.69) is 6.92 Å². The summed E-state index contributed by atoms with van der Waals surface area (Å²) in [5.74, 6) is -0.0942. The van der Waals surface area contributed by atoms with Gasteiger partial charge in [-0.25, -0.2) is 4.79 Å². The van der Waals surface area contributed by atoms with Crippen LogP contribution in [0, 0.1) is 5.92 Å². The number of carbonyl (C=O) groups excluding carboxylic acids is 1. The lowest BCUT2D eigenvalue weighted by Crippen LogP contribution is -2.26. The molecule has 1 heterocycles. The minimum Gasteiger partial charge on any atom is -0.434 e. The van der Waals surface area contributed by atoms with Crippen molar-refractivity contribution in [2.45, 2.75) is 78.1 Å². The molecule has 0 radical (unpaired) electrons. The number of unbranched alkanes of at least 4 members (excludes halogenated alkanes) is 1. The topological polar surface area (TPSA) is 60.6 Å². The van der Waals surface area contributed by atoms with Gasteiger partial charge in [-0.3, -0.25) is 0 Å². The van der Waals surface area contributed by atoms with Crippen LogP contribution in [-0.4, -0.2) is 24.2 Å². The molecule has 1 atom stereocenters. The predicted molar refractivity (Wildman–Crippen MR) is 75.0 cm³/mol. The molecule has 1 fully saturated rings. The lowest BCUT2D eigenvalue weighted by Gasteiger charge is -2.21. The Balaban J connectivity index is 2.29. The summed E-state index contributed by atoms with van der Waals surface area (Å²) in [5, 5.41) is 0. The maximum Gasteiger partial charge on any atom is 0.508 e. The smallest absolute Gasteiger partial charge is 0.434 e. The summed E-state index contributed by atoms with van der Waals surface area (Å²) in [6.07, 6.45) is 4.44. The van der Waals surface area contributed by atoms with Gasteiger partial charge in [-0.1, -0.05) is 19.8 Å². The van der Waals surface area contributed by atoms with Gasteiger partial charge in [0, 0.05) is 6.42 Å². The Hall–Kier alpha value is -0.810. The normalized spacial score (nSPS) is 18.4. The second kappa shape index (κ2) is 7.27. The molecule has 1 aliphatic rings. The molecule has 118 valence electrons. The molecule has 0 aromatic heterocycles. The highest BCUT2D eigenvalue weighted by molar-refractivity contribution is 5.60. The van der Waals surface area contributed by atoms with E-state index in [-0.39, 0.29) is 0 Å². The molecule has 1 rings (SSSR count). The molecule has 1 unspecified atom stereocenters. The van der Waals surface area contributed by atoms with Crippen LogP contribution in [0.5, 0.6) is 0 Å². The van der Waals surface area contributed by atoms with E-state index >= 15 is 0 Å². The predicted octanol–water partition coefficient (Wildman–Crippen LogP) is 4.20. The van der Waals surface area contributed by atoms with E-state index < -0.39 is 17.5 Å². The summed E-state index contributed by atoms with van der Waals surface area (Å²) in [4.78, 5) is 21.4. The molecule has 0 aliphatic carbocycles. The standard InChI is InChI=1S/C15H28O5/c1-6-7-8-12(9-10-15(5)19-20-15)11-17-13(16)18-14(2,3)4/h12H,6-11H2,1-5H3. The van der Waals surface area contributed by atoms with Gasteiger partial charge in [0.1, 0.15) is 5.60 Å². The molecule has 0 N–H and O–H groups in total. The summed E-state index contributed by atoms with van der Waals surface area (Å²) in [7, 11) is 0. The monoisotopic (exact) mass is 288 g/mol. The zero-order valence-corrected chi connectivity index (χ0v) is 13.4. The summed E-state index contributed by atoms with van der Waals surface area (Å²) < 4.78 is 10.4. The van der Waals surface area contributed by atoms with Crippen molar-refractivity contribution >= 4 is 6.16 Å². The van der Waals surface area contributed by atoms with Gasteiger partial charge >= 0.3 is 6.16 Å². The van der Waals surface area contributed by atoms with Gasteiger partial charge < -0.3 is 9.47 Å². The first kappa shape index (κ1) is 17.2. The van der Waals surface area contributed by atoms with Crippen LogP contribution in [0.4, 0.5) is 4.79 Å². The third-order valence-corrected chi connectivity index (χ3v) is 3.17. The Morgan fingerprint density at radius 1 is 1.25 bits per heavy atom. The molecule has 1 saturated heterocycles. The van der Waals surface area contributed by atoms with Crippen molar-refractivity contribution in [2.24, 2.45) is 5.92 Å². The van der Waals surface area contributed by atoms with Crippen molar-refractivity contribution in [2.75, 3.05) is 6.61 Å². The van der Waals surface area contributed by atoms with Crippen LogP contribution in [0.25, 0.3) is 0 Å². The highest BCUT2D eigenvalue weighted by atomic mass is 17.4. The molecule has 0 saturated carbocycles. The summed E-state index contributed by atoms with van der Waals surface area (Å²) >= 11 is 0. The number of ether oxygens (including phenoxy) is 2. The Morgan fingerprint density at radius 2 is 1.90 bits per heavy atom. The summed E-state index contributed by atoms with van der Waals surface area (Å²) in [6, 6.07) is 0. The Morgan fingerprint density at radius 3 is 2.40 bits per heavy atom. The van der Waals surface area contributed by atoms with Gasteiger partial charge in [0.15, 0.2) is 0 Å². The minimum atomic E-state index is -0.593. The zero-order chi connectivity index (χ0) is 15.2. The van der Waals surface area contributed by atoms with Gasteiger partial charge in [0.2, 0.25) is 5.79 Å². The molecule has 0 aromatic rings. The minimum absolute atomic E-state index is 0.326. The molecule has 0 spiro atoms. The quantitative estimate of drug-likeness (QED) is 0.380. The molecule has 20 heavy (non-hydrogen) atoms. The third kappa shape index (κ3) is 7.70. The fourth-order valence-electron chi connectivity index (χ4n) is 1.89. The molecule has 1 aliphatic heterocycles. The van der Waals surface area contributed by atoms with E-state index in [0.717, 1.165) is 32.1 Å². The zero-order valence-electron chi connectivity index (χ0n) is 13.4. The molecular formula is C15H28O5. The number of rotatable bonds is 8. The van der Waals surface area contributed by atoms with Crippen LogP contribution >= 0.6 is 0 Å². The second-order valence-corrected chi connectivity index (χ2v) is 6.62. The van der Waals surface area contributed by atoms with Gasteiger partial charge in [-0.2, -0.15) is 9.78 Å². The second-order valence-electron chi connectivity index (χ2n) is 6.62.